The molecule has 0 atom stereocenters. The highest BCUT2D eigenvalue weighted by molar-refractivity contribution is 7.19. The Bertz CT molecular complexity index is 1210. The van der Waals surface area contributed by atoms with Gasteiger partial charge >= 0.3 is 6.36 Å². The minimum absolute atomic E-state index is 0.238. The molecule has 2 heterocycles. The zero-order valence-electron chi connectivity index (χ0n) is 14.5. The highest BCUT2D eigenvalue weighted by Crippen LogP contribution is 2.32. The van der Waals surface area contributed by atoms with Crippen molar-refractivity contribution >= 4 is 21.4 Å². The van der Waals surface area contributed by atoms with Crippen LogP contribution in [0.15, 0.2) is 48.5 Å². The largest absolute Gasteiger partial charge is 0.573 e. The van der Waals surface area contributed by atoms with E-state index in [9.17, 15) is 13.2 Å². The van der Waals surface area contributed by atoms with Crippen LogP contribution in [0.3, 0.4) is 0 Å². The number of nitrogens with one attached hydrogen (secondary N) is 1. The summed E-state index contributed by atoms with van der Waals surface area (Å²) >= 11 is 1.42. The highest BCUT2D eigenvalue weighted by atomic mass is 32.1. The van der Waals surface area contributed by atoms with Crippen molar-refractivity contribution in [3.05, 3.63) is 59.1 Å². The van der Waals surface area contributed by atoms with Gasteiger partial charge in [0.05, 0.1) is 0 Å². The fraction of sp³-hybridized carbons (Fsp3) is 0.105. The summed E-state index contributed by atoms with van der Waals surface area (Å²) in [6.07, 6.45) is -4.73. The normalized spacial score (nSPS) is 11.4. The predicted octanol–water partition coefficient (Wildman–Crippen LogP) is 5.04. The first-order valence-corrected chi connectivity index (χ1v) is 9.05. The number of alkyl halides is 3. The summed E-state index contributed by atoms with van der Waals surface area (Å²) in [4.78, 5) is 0.841. The number of thiophene rings is 1. The molecule has 29 heavy (non-hydrogen) atoms. The number of halogens is 3. The van der Waals surface area contributed by atoms with Crippen molar-refractivity contribution in [3.63, 3.8) is 0 Å². The molecule has 0 aliphatic carbocycles. The third kappa shape index (κ3) is 4.30. The maximum Gasteiger partial charge on any atom is 0.573 e. The molecule has 10 heteroatoms. The van der Waals surface area contributed by atoms with Gasteiger partial charge in [-0.25, -0.2) is 5.10 Å². The van der Waals surface area contributed by atoms with Crippen molar-refractivity contribution < 1.29 is 22.6 Å². The molecule has 0 unspecified atom stereocenters. The van der Waals surface area contributed by atoms with E-state index in [1.807, 2.05) is 6.07 Å². The molecule has 0 spiro atoms. The van der Waals surface area contributed by atoms with Crippen molar-refractivity contribution in [1.82, 2.24) is 15.4 Å². The lowest BCUT2D eigenvalue weighted by molar-refractivity contribution is -0.274. The lowest BCUT2D eigenvalue weighted by Crippen LogP contribution is -2.16. The third-order valence-electron chi connectivity index (χ3n) is 3.92. The minimum Gasteiger partial charge on any atom is -0.488 e. The number of ether oxygens (including phenoxy) is 2. The molecule has 0 amide bonds. The second-order valence-electron chi connectivity index (χ2n) is 5.92. The molecule has 4 rings (SSSR count). The lowest BCUT2D eigenvalue weighted by atomic mass is 10.1. The Kier molecular flexibility index (Phi) is 4.82. The molecule has 1 N–H and O–H groups in total. The number of fused-ring (bicyclic) bond motifs is 1. The Labute approximate surface area is 166 Å². The maximum absolute atomic E-state index is 12.4. The van der Waals surface area contributed by atoms with Crippen molar-refractivity contribution in [2.45, 2.75) is 13.0 Å². The molecule has 2 aromatic heterocycles. The molecule has 0 bridgehead atoms. The van der Waals surface area contributed by atoms with E-state index in [0.29, 0.717) is 22.4 Å². The Morgan fingerprint density at radius 2 is 1.97 bits per heavy atom. The summed E-state index contributed by atoms with van der Waals surface area (Å²) in [5, 5.41) is 19.8. The molecular weight excluding hydrogens is 405 g/mol. The summed E-state index contributed by atoms with van der Waals surface area (Å²) in [6, 6.07) is 15.0. The zero-order valence-corrected chi connectivity index (χ0v) is 15.3. The van der Waals surface area contributed by atoms with Crippen LogP contribution in [0.2, 0.25) is 0 Å². The van der Waals surface area contributed by atoms with Gasteiger partial charge in [0, 0.05) is 15.1 Å². The number of H-pyrrole nitrogens is 1. The molecule has 146 valence electrons. The van der Waals surface area contributed by atoms with Crippen molar-refractivity contribution in [2.75, 3.05) is 0 Å². The molecule has 6 nitrogen and oxygen atoms in total. The SMILES string of the molecule is N#Cc1[nH]nnc1-c1cccc(OCc2cc3cc(OC(F)(F)F)ccc3s2)c1. The van der Waals surface area contributed by atoms with Crippen LogP contribution >= 0.6 is 11.3 Å². The number of benzene rings is 2. The monoisotopic (exact) mass is 416 g/mol. The third-order valence-corrected chi connectivity index (χ3v) is 5.01. The van der Waals surface area contributed by atoms with Gasteiger partial charge in [-0.15, -0.1) is 29.6 Å². The second-order valence-corrected chi connectivity index (χ2v) is 7.09. The fourth-order valence-corrected chi connectivity index (χ4v) is 3.70. The first-order chi connectivity index (χ1) is 13.9. The molecule has 0 saturated carbocycles. The Hall–Kier alpha value is -3.58. The van der Waals surface area contributed by atoms with Gasteiger partial charge in [0.2, 0.25) is 0 Å². The van der Waals surface area contributed by atoms with Crippen LogP contribution in [0.1, 0.15) is 10.6 Å². The summed E-state index contributed by atoms with van der Waals surface area (Å²) in [5.41, 5.74) is 1.36. The summed E-state index contributed by atoms with van der Waals surface area (Å²) in [5.74, 6) is 0.303. The van der Waals surface area contributed by atoms with Crippen molar-refractivity contribution in [3.8, 4) is 28.8 Å². The average Bonchev–Trinajstić information content (AvgIpc) is 3.31. The van der Waals surface area contributed by atoms with Gasteiger partial charge in [0.15, 0.2) is 5.69 Å². The standard InChI is InChI=1S/C19H11F3N4O2S/c20-19(21,22)28-14-4-5-17-12(7-14)8-15(29-17)10-27-13-3-1-2-11(6-13)18-16(9-23)24-26-25-18/h1-8H,10H2,(H,24,25,26). The summed E-state index contributed by atoms with van der Waals surface area (Å²) in [6.45, 7) is 0.238. The van der Waals surface area contributed by atoms with Gasteiger partial charge in [0.1, 0.15) is 29.9 Å². The van der Waals surface area contributed by atoms with Crippen molar-refractivity contribution in [2.24, 2.45) is 0 Å². The Morgan fingerprint density at radius 3 is 2.76 bits per heavy atom. The zero-order chi connectivity index (χ0) is 20.4. The van der Waals surface area contributed by atoms with Crippen LogP contribution in [0.5, 0.6) is 11.5 Å². The molecule has 0 radical (unpaired) electrons. The first kappa shape index (κ1) is 18.8. The number of nitrogens with zero attached hydrogens (tertiary/aromatic N) is 3. The van der Waals surface area contributed by atoms with Crippen LogP contribution in [-0.4, -0.2) is 21.8 Å². The number of nitriles is 1. The predicted molar refractivity (Wildman–Crippen MR) is 99.4 cm³/mol. The van der Waals surface area contributed by atoms with E-state index in [1.165, 1.54) is 23.5 Å². The van der Waals surface area contributed by atoms with Crippen LogP contribution in [0.4, 0.5) is 13.2 Å². The second kappa shape index (κ2) is 7.44. The molecule has 0 aliphatic rings. The number of hydrogen-bond acceptors (Lipinski definition) is 6. The lowest BCUT2D eigenvalue weighted by Gasteiger charge is -2.08. The van der Waals surface area contributed by atoms with Crippen LogP contribution in [0, 0.1) is 11.3 Å². The van der Waals surface area contributed by atoms with Crippen LogP contribution in [-0.2, 0) is 6.61 Å². The molecule has 4 aromatic rings. The Morgan fingerprint density at radius 1 is 1.10 bits per heavy atom. The molecular formula is C19H11F3N4O2S. The smallest absolute Gasteiger partial charge is 0.488 e. The minimum atomic E-state index is -4.73. The van der Waals surface area contributed by atoms with Crippen molar-refractivity contribution in [1.29, 1.82) is 5.26 Å². The van der Waals surface area contributed by atoms with E-state index in [-0.39, 0.29) is 18.1 Å². The molecule has 0 saturated heterocycles. The number of rotatable bonds is 5. The van der Waals surface area contributed by atoms with E-state index in [4.69, 9.17) is 10.00 Å². The van der Waals surface area contributed by atoms with Gasteiger partial charge in [-0.3, -0.25) is 0 Å². The van der Waals surface area contributed by atoms with Gasteiger partial charge in [-0.05, 0) is 41.8 Å². The first-order valence-electron chi connectivity index (χ1n) is 8.24. The van der Waals surface area contributed by atoms with E-state index in [0.717, 1.165) is 9.58 Å². The van der Waals surface area contributed by atoms with Crippen LogP contribution in [0.25, 0.3) is 21.3 Å². The quantitative estimate of drug-likeness (QED) is 0.493. The molecule has 2 aromatic carbocycles. The van der Waals surface area contributed by atoms with Crippen LogP contribution < -0.4 is 9.47 Å². The van der Waals surface area contributed by atoms with Gasteiger partial charge in [-0.1, -0.05) is 17.3 Å². The maximum atomic E-state index is 12.4. The van der Waals surface area contributed by atoms with E-state index < -0.39 is 6.36 Å². The summed E-state index contributed by atoms with van der Waals surface area (Å²) < 4.78 is 47.7. The number of hydrogen-bond donors (Lipinski definition) is 1. The van der Waals surface area contributed by atoms with E-state index in [1.54, 1.807) is 36.4 Å². The Balaban J connectivity index is 1.50. The highest BCUT2D eigenvalue weighted by Gasteiger charge is 2.31. The summed E-state index contributed by atoms with van der Waals surface area (Å²) in [7, 11) is 0. The van der Waals surface area contributed by atoms with E-state index in [2.05, 4.69) is 20.1 Å². The van der Waals surface area contributed by atoms with E-state index >= 15 is 0 Å². The topological polar surface area (TPSA) is 83.8 Å². The fourth-order valence-electron chi connectivity index (χ4n) is 2.74. The van der Waals surface area contributed by atoms with Gasteiger partial charge in [-0.2, -0.15) is 5.26 Å². The average molecular weight is 416 g/mol. The molecule has 0 fully saturated rings. The van der Waals surface area contributed by atoms with Gasteiger partial charge in [0.25, 0.3) is 0 Å². The number of aromatic nitrogens is 3. The number of aromatic amines is 1. The molecule has 0 aliphatic heterocycles. The van der Waals surface area contributed by atoms with Gasteiger partial charge < -0.3 is 9.47 Å².